The zero-order valence-electron chi connectivity index (χ0n) is 9.83. The quantitative estimate of drug-likeness (QED) is 0.883. The lowest BCUT2D eigenvalue weighted by molar-refractivity contribution is -0.119. The highest BCUT2D eigenvalue weighted by atomic mass is 19.4. The van der Waals surface area contributed by atoms with E-state index >= 15 is 0 Å². The molecule has 2 nitrogen and oxygen atoms in total. The molecular weight excluding hydrogens is 231 g/mol. The first-order chi connectivity index (χ1) is 7.83. The van der Waals surface area contributed by atoms with Crippen molar-refractivity contribution in [2.75, 3.05) is 18.0 Å². The van der Waals surface area contributed by atoms with Gasteiger partial charge in [-0.3, -0.25) is 0 Å². The molecule has 1 atom stereocenters. The molecule has 0 aromatic heterocycles. The number of alkyl halides is 3. The highest BCUT2D eigenvalue weighted by Crippen LogP contribution is 2.23. The average Bonchev–Trinajstić information content (AvgIpc) is 2.25. The van der Waals surface area contributed by atoms with E-state index in [-0.39, 0.29) is 6.54 Å². The van der Waals surface area contributed by atoms with Crippen LogP contribution in [0.25, 0.3) is 0 Å². The highest BCUT2D eigenvalue weighted by Gasteiger charge is 2.30. The predicted octanol–water partition coefficient (Wildman–Crippen LogP) is 3.13. The monoisotopic (exact) mass is 247 g/mol. The first-order valence-corrected chi connectivity index (χ1v) is 5.43. The van der Waals surface area contributed by atoms with Crippen molar-refractivity contribution in [1.29, 1.82) is 0 Å². The van der Waals surface area contributed by atoms with Crippen molar-refractivity contribution < 1.29 is 18.3 Å². The molecule has 1 aromatic rings. The number of aliphatic hydroxyl groups excluding tert-OH is 1. The lowest BCUT2D eigenvalue weighted by Gasteiger charge is -2.24. The fourth-order valence-corrected chi connectivity index (χ4v) is 1.57. The number of benzene rings is 1. The summed E-state index contributed by atoms with van der Waals surface area (Å²) in [5.74, 6) is 0. The summed E-state index contributed by atoms with van der Waals surface area (Å²) in [7, 11) is 0. The van der Waals surface area contributed by atoms with E-state index in [1.165, 1.54) is 4.90 Å². The van der Waals surface area contributed by atoms with Crippen LogP contribution in [0, 0.1) is 0 Å². The molecule has 1 rings (SSSR count). The highest BCUT2D eigenvalue weighted by molar-refractivity contribution is 5.48. The molecule has 0 bridgehead atoms. The second kappa shape index (κ2) is 5.40. The maximum absolute atomic E-state index is 12.3. The van der Waals surface area contributed by atoms with Gasteiger partial charge in [0.1, 0.15) is 6.54 Å². The second-order valence-corrected chi connectivity index (χ2v) is 3.90. The summed E-state index contributed by atoms with van der Waals surface area (Å²) in [6.45, 7) is 2.61. The van der Waals surface area contributed by atoms with E-state index in [1.807, 2.05) is 0 Å². The number of hydrogen-bond acceptors (Lipinski definition) is 2. The van der Waals surface area contributed by atoms with Gasteiger partial charge in [-0.2, -0.15) is 13.2 Å². The smallest absolute Gasteiger partial charge is 0.389 e. The Morgan fingerprint density at radius 2 is 1.76 bits per heavy atom. The minimum Gasteiger partial charge on any atom is -0.389 e. The summed E-state index contributed by atoms with van der Waals surface area (Å²) in [4.78, 5) is 1.24. The van der Waals surface area contributed by atoms with Crippen molar-refractivity contribution in [3.63, 3.8) is 0 Å². The van der Waals surface area contributed by atoms with Gasteiger partial charge in [-0.15, -0.1) is 0 Å². The van der Waals surface area contributed by atoms with Gasteiger partial charge in [0, 0.05) is 12.2 Å². The van der Waals surface area contributed by atoms with Crippen LogP contribution in [0.4, 0.5) is 18.9 Å². The largest absolute Gasteiger partial charge is 0.405 e. The third-order valence-corrected chi connectivity index (χ3v) is 2.49. The molecule has 1 N–H and O–H groups in total. The Labute approximate surface area is 98.7 Å². The molecule has 5 heteroatoms. The number of halogens is 3. The van der Waals surface area contributed by atoms with E-state index < -0.39 is 18.8 Å². The standard InChI is InChI=1S/C12H16F3NO/c1-3-16(8-12(13,14)15)11-6-4-10(5-7-11)9(2)17/h4-7,9,17H,3,8H2,1-2H3/t9-/m1/s1. The van der Waals surface area contributed by atoms with Gasteiger partial charge in [-0.05, 0) is 31.5 Å². The molecule has 17 heavy (non-hydrogen) atoms. The van der Waals surface area contributed by atoms with Gasteiger partial charge in [0.05, 0.1) is 6.10 Å². The molecule has 0 radical (unpaired) electrons. The van der Waals surface area contributed by atoms with Crippen molar-refractivity contribution in [3.05, 3.63) is 29.8 Å². The van der Waals surface area contributed by atoms with Crippen LogP contribution >= 0.6 is 0 Å². The van der Waals surface area contributed by atoms with Gasteiger partial charge in [0.25, 0.3) is 0 Å². The summed E-state index contributed by atoms with van der Waals surface area (Å²) in [6, 6.07) is 6.46. The van der Waals surface area contributed by atoms with Gasteiger partial charge in [0.15, 0.2) is 0 Å². The Morgan fingerprint density at radius 3 is 2.12 bits per heavy atom. The molecule has 0 fully saturated rings. The maximum Gasteiger partial charge on any atom is 0.405 e. The summed E-state index contributed by atoms with van der Waals surface area (Å²) in [5.41, 5.74) is 1.20. The fourth-order valence-electron chi connectivity index (χ4n) is 1.57. The molecule has 0 saturated heterocycles. The second-order valence-electron chi connectivity index (χ2n) is 3.90. The SMILES string of the molecule is CCN(CC(F)(F)F)c1ccc([C@@H](C)O)cc1. The Hall–Kier alpha value is -1.23. The fraction of sp³-hybridized carbons (Fsp3) is 0.500. The summed E-state index contributed by atoms with van der Waals surface area (Å²) in [6.07, 6.45) is -4.82. The van der Waals surface area contributed by atoms with Gasteiger partial charge < -0.3 is 10.0 Å². The number of anilines is 1. The van der Waals surface area contributed by atoms with Gasteiger partial charge in [-0.1, -0.05) is 12.1 Å². The Morgan fingerprint density at radius 1 is 1.24 bits per heavy atom. The molecule has 0 heterocycles. The van der Waals surface area contributed by atoms with E-state index in [0.717, 1.165) is 0 Å². The van der Waals surface area contributed by atoms with E-state index in [0.29, 0.717) is 11.3 Å². The number of nitrogens with zero attached hydrogens (tertiary/aromatic N) is 1. The maximum atomic E-state index is 12.3. The first kappa shape index (κ1) is 13.8. The summed E-state index contributed by atoms with van der Waals surface area (Å²) in [5, 5.41) is 9.30. The molecule has 0 aliphatic heterocycles. The molecule has 0 unspecified atom stereocenters. The Bertz CT molecular complexity index is 346. The topological polar surface area (TPSA) is 23.5 Å². The van der Waals surface area contributed by atoms with Crippen molar-refractivity contribution >= 4 is 5.69 Å². The Balaban J connectivity index is 2.82. The van der Waals surface area contributed by atoms with Crippen LogP contribution in [0.2, 0.25) is 0 Å². The van der Waals surface area contributed by atoms with Gasteiger partial charge in [0.2, 0.25) is 0 Å². The molecule has 0 amide bonds. The van der Waals surface area contributed by atoms with Crippen LogP contribution in [0.5, 0.6) is 0 Å². The molecule has 0 saturated carbocycles. The number of hydrogen-bond donors (Lipinski definition) is 1. The first-order valence-electron chi connectivity index (χ1n) is 5.43. The van der Waals surface area contributed by atoms with Crippen LogP contribution in [-0.4, -0.2) is 24.4 Å². The van der Waals surface area contributed by atoms with Crippen LogP contribution < -0.4 is 4.90 Å². The van der Waals surface area contributed by atoms with Crippen LogP contribution in [0.15, 0.2) is 24.3 Å². The zero-order valence-corrected chi connectivity index (χ0v) is 9.83. The normalized spacial score (nSPS) is 13.5. The zero-order chi connectivity index (χ0) is 13.1. The van der Waals surface area contributed by atoms with Crippen LogP contribution in [0.3, 0.4) is 0 Å². The minimum absolute atomic E-state index is 0.285. The molecular formula is C12H16F3NO. The third-order valence-electron chi connectivity index (χ3n) is 2.49. The average molecular weight is 247 g/mol. The predicted molar refractivity (Wildman–Crippen MR) is 61.0 cm³/mol. The molecule has 0 aliphatic rings. The third kappa shape index (κ3) is 4.26. The van der Waals surface area contributed by atoms with Gasteiger partial charge in [-0.25, -0.2) is 0 Å². The van der Waals surface area contributed by atoms with E-state index in [1.54, 1.807) is 38.1 Å². The van der Waals surface area contributed by atoms with Gasteiger partial charge >= 0.3 is 6.18 Å². The van der Waals surface area contributed by atoms with Crippen LogP contribution in [-0.2, 0) is 0 Å². The Kier molecular flexibility index (Phi) is 4.40. The van der Waals surface area contributed by atoms with E-state index in [9.17, 15) is 18.3 Å². The molecule has 0 aliphatic carbocycles. The van der Waals surface area contributed by atoms with E-state index in [2.05, 4.69) is 0 Å². The van der Waals surface area contributed by atoms with Crippen molar-refractivity contribution in [3.8, 4) is 0 Å². The lowest BCUT2D eigenvalue weighted by atomic mass is 10.1. The van der Waals surface area contributed by atoms with Crippen molar-refractivity contribution in [2.24, 2.45) is 0 Å². The minimum atomic E-state index is -4.21. The van der Waals surface area contributed by atoms with Crippen molar-refractivity contribution in [1.82, 2.24) is 0 Å². The molecule has 0 spiro atoms. The van der Waals surface area contributed by atoms with Crippen LogP contribution in [0.1, 0.15) is 25.5 Å². The molecule has 96 valence electrons. The van der Waals surface area contributed by atoms with Crippen molar-refractivity contribution in [2.45, 2.75) is 26.1 Å². The molecule has 1 aromatic carbocycles. The number of rotatable bonds is 4. The summed E-state index contributed by atoms with van der Waals surface area (Å²) < 4.78 is 36.9. The van der Waals surface area contributed by atoms with E-state index in [4.69, 9.17) is 0 Å². The lowest BCUT2D eigenvalue weighted by Crippen LogP contribution is -2.34. The summed E-state index contributed by atoms with van der Waals surface area (Å²) >= 11 is 0. The number of aliphatic hydroxyl groups is 1.